The van der Waals surface area contributed by atoms with Gasteiger partial charge in [0.1, 0.15) is 0 Å². The molecular formula is C26H46. The average Bonchev–Trinajstić information content (AvgIpc) is 2.68. The molecule has 1 unspecified atom stereocenters. The van der Waals surface area contributed by atoms with E-state index in [4.69, 9.17) is 0 Å². The Hall–Kier alpha value is -0.780. The first kappa shape index (κ1) is 23.3. The van der Waals surface area contributed by atoms with Crippen molar-refractivity contribution in [1.82, 2.24) is 0 Å². The second kappa shape index (κ2) is 17.6. The zero-order valence-corrected chi connectivity index (χ0v) is 18.0. The van der Waals surface area contributed by atoms with E-state index in [1.807, 2.05) is 0 Å². The normalized spacial score (nSPS) is 12.4. The van der Waals surface area contributed by atoms with Crippen LogP contribution in [0.2, 0.25) is 0 Å². The molecule has 0 fully saturated rings. The first-order chi connectivity index (χ1) is 12.8. The van der Waals surface area contributed by atoms with Crippen LogP contribution in [0.5, 0.6) is 0 Å². The van der Waals surface area contributed by atoms with Crippen LogP contribution in [0.1, 0.15) is 122 Å². The van der Waals surface area contributed by atoms with Crippen LogP contribution in [0.25, 0.3) is 0 Å². The molecule has 0 heterocycles. The third-order valence-electron chi connectivity index (χ3n) is 5.95. The number of hydrogen-bond acceptors (Lipinski definition) is 0. The van der Waals surface area contributed by atoms with Gasteiger partial charge in [0, 0.05) is 0 Å². The Labute approximate surface area is 165 Å². The van der Waals surface area contributed by atoms with E-state index in [0.717, 1.165) is 5.92 Å². The largest absolute Gasteiger partial charge is 0.0651 e. The molecule has 0 heteroatoms. The molecule has 0 bridgehead atoms. The van der Waals surface area contributed by atoms with Crippen LogP contribution in [-0.4, -0.2) is 0 Å². The van der Waals surface area contributed by atoms with Crippen LogP contribution in [-0.2, 0) is 6.42 Å². The molecular weight excluding hydrogens is 312 g/mol. The van der Waals surface area contributed by atoms with Gasteiger partial charge in [-0.15, -0.1) is 0 Å². The van der Waals surface area contributed by atoms with Gasteiger partial charge in [0.2, 0.25) is 0 Å². The van der Waals surface area contributed by atoms with Crippen molar-refractivity contribution in [2.75, 3.05) is 0 Å². The van der Waals surface area contributed by atoms with Crippen molar-refractivity contribution in [2.45, 2.75) is 123 Å². The lowest BCUT2D eigenvalue weighted by Crippen LogP contribution is -1.91. The van der Waals surface area contributed by atoms with E-state index in [1.165, 1.54) is 115 Å². The minimum Gasteiger partial charge on any atom is -0.0651 e. The Kier molecular flexibility index (Phi) is 15.8. The van der Waals surface area contributed by atoms with Crippen molar-refractivity contribution in [1.29, 1.82) is 0 Å². The maximum Gasteiger partial charge on any atom is -0.0279 e. The minimum atomic E-state index is 0.943. The molecule has 0 spiro atoms. The third kappa shape index (κ3) is 14.4. The van der Waals surface area contributed by atoms with Gasteiger partial charge in [-0.05, 0) is 24.3 Å². The van der Waals surface area contributed by atoms with Gasteiger partial charge in [-0.2, -0.15) is 0 Å². The van der Waals surface area contributed by atoms with Crippen LogP contribution in [0, 0.1) is 5.92 Å². The summed E-state index contributed by atoms with van der Waals surface area (Å²) in [6.45, 7) is 4.71. The molecule has 0 amide bonds. The Morgan fingerprint density at radius 1 is 0.577 bits per heavy atom. The van der Waals surface area contributed by atoms with E-state index >= 15 is 0 Å². The maximum atomic E-state index is 2.39. The fourth-order valence-corrected chi connectivity index (χ4v) is 3.79. The van der Waals surface area contributed by atoms with Crippen molar-refractivity contribution >= 4 is 0 Å². The molecule has 0 N–H and O–H groups in total. The first-order valence-corrected chi connectivity index (χ1v) is 11.9. The van der Waals surface area contributed by atoms with Gasteiger partial charge in [0.05, 0.1) is 0 Å². The van der Waals surface area contributed by atoms with Gasteiger partial charge in [-0.1, -0.05) is 140 Å². The smallest absolute Gasteiger partial charge is 0.0279 e. The summed E-state index contributed by atoms with van der Waals surface area (Å²) < 4.78 is 0. The summed E-state index contributed by atoms with van der Waals surface area (Å²) in [6, 6.07) is 10.9. The van der Waals surface area contributed by atoms with Gasteiger partial charge in [-0.25, -0.2) is 0 Å². The number of aryl methyl sites for hydroxylation is 1. The molecule has 150 valence electrons. The van der Waals surface area contributed by atoms with Crippen LogP contribution in [0.3, 0.4) is 0 Å². The molecule has 0 nitrogen and oxygen atoms in total. The van der Waals surface area contributed by atoms with E-state index in [1.54, 1.807) is 0 Å². The Bertz CT molecular complexity index is 380. The fraction of sp³-hybridized carbons (Fsp3) is 0.769. The maximum absolute atomic E-state index is 2.39. The highest BCUT2D eigenvalue weighted by molar-refractivity contribution is 5.14. The highest BCUT2D eigenvalue weighted by atomic mass is 14.0. The summed E-state index contributed by atoms with van der Waals surface area (Å²) in [7, 11) is 0. The molecule has 0 aromatic heterocycles. The number of hydrogen-bond donors (Lipinski definition) is 0. The van der Waals surface area contributed by atoms with E-state index in [2.05, 4.69) is 44.2 Å². The number of unbranched alkanes of at least 4 members (excludes halogenated alkanes) is 13. The topological polar surface area (TPSA) is 0 Å². The van der Waals surface area contributed by atoms with E-state index < -0.39 is 0 Å². The quantitative estimate of drug-likeness (QED) is 0.229. The molecule has 1 aromatic rings. The Balaban J connectivity index is 1.71. The molecule has 0 aliphatic rings. The van der Waals surface area contributed by atoms with Gasteiger partial charge in [0.15, 0.2) is 0 Å². The van der Waals surface area contributed by atoms with Gasteiger partial charge >= 0.3 is 0 Å². The molecule has 0 aliphatic heterocycles. The molecule has 0 saturated carbocycles. The monoisotopic (exact) mass is 358 g/mol. The standard InChI is InChI=1S/C26H46/c1-3-25(2)21-17-14-12-10-8-6-4-5-7-9-11-13-15-18-22-26-23-19-16-20-24-26/h16,19-20,23-25H,3-15,17-18,21-22H2,1-2H3. The molecule has 1 aromatic carbocycles. The summed E-state index contributed by atoms with van der Waals surface area (Å²) in [5.74, 6) is 0.943. The van der Waals surface area contributed by atoms with Crippen LogP contribution in [0.15, 0.2) is 30.3 Å². The molecule has 1 atom stereocenters. The second-order valence-corrected chi connectivity index (χ2v) is 8.49. The molecule has 26 heavy (non-hydrogen) atoms. The summed E-state index contributed by atoms with van der Waals surface area (Å²) in [6.07, 6.45) is 24.4. The van der Waals surface area contributed by atoms with Crippen LogP contribution in [0.4, 0.5) is 0 Å². The van der Waals surface area contributed by atoms with Crippen molar-refractivity contribution in [3.63, 3.8) is 0 Å². The summed E-state index contributed by atoms with van der Waals surface area (Å²) in [4.78, 5) is 0. The lowest BCUT2D eigenvalue weighted by Gasteiger charge is -2.07. The predicted octanol–water partition coefficient (Wildman–Crippen LogP) is 9.13. The van der Waals surface area contributed by atoms with E-state index in [-0.39, 0.29) is 0 Å². The highest BCUT2D eigenvalue weighted by Gasteiger charge is 1.98. The second-order valence-electron chi connectivity index (χ2n) is 8.49. The lowest BCUT2D eigenvalue weighted by molar-refractivity contribution is 0.468. The predicted molar refractivity (Wildman–Crippen MR) is 119 cm³/mol. The lowest BCUT2D eigenvalue weighted by atomic mass is 9.99. The molecule has 0 aliphatic carbocycles. The van der Waals surface area contributed by atoms with Crippen molar-refractivity contribution in [3.05, 3.63) is 35.9 Å². The first-order valence-electron chi connectivity index (χ1n) is 11.9. The zero-order chi connectivity index (χ0) is 18.7. The Morgan fingerprint density at radius 3 is 1.46 bits per heavy atom. The average molecular weight is 359 g/mol. The highest BCUT2D eigenvalue weighted by Crippen LogP contribution is 2.16. The third-order valence-corrected chi connectivity index (χ3v) is 5.95. The van der Waals surface area contributed by atoms with Gasteiger partial charge in [0.25, 0.3) is 0 Å². The van der Waals surface area contributed by atoms with Crippen molar-refractivity contribution in [3.8, 4) is 0 Å². The summed E-state index contributed by atoms with van der Waals surface area (Å²) in [5.41, 5.74) is 1.50. The molecule has 1 rings (SSSR count). The molecule has 0 radical (unpaired) electrons. The number of benzene rings is 1. The zero-order valence-electron chi connectivity index (χ0n) is 18.0. The fourth-order valence-electron chi connectivity index (χ4n) is 3.79. The minimum absolute atomic E-state index is 0.943. The molecule has 0 saturated heterocycles. The van der Waals surface area contributed by atoms with Crippen molar-refractivity contribution in [2.24, 2.45) is 5.92 Å². The van der Waals surface area contributed by atoms with Crippen LogP contribution >= 0.6 is 0 Å². The van der Waals surface area contributed by atoms with Gasteiger partial charge in [-0.3, -0.25) is 0 Å². The summed E-state index contributed by atoms with van der Waals surface area (Å²) in [5, 5.41) is 0. The SMILES string of the molecule is CCC(C)CCCCCCCCCCCCCCCCc1ccccc1. The van der Waals surface area contributed by atoms with Crippen molar-refractivity contribution < 1.29 is 0 Å². The number of rotatable bonds is 18. The van der Waals surface area contributed by atoms with Gasteiger partial charge < -0.3 is 0 Å². The van der Waals surface area contributed by atoms with E-state index in [0.29, 0.717) is 0 Å². The van der Waals surface area contributed by atoms with Crippen LogP contribution < -0.4 is 0 Å². The van der Waals surface area contributed by atoms with E-state index in [9.17, 15) is 0 Å². The summed E-state index contributed by atoms with van der Waals surface area (Å²) >= 11 is 0. The Morgan fingerprint density at radius 2 is 1.00 bits per heavy atom.